The molecule has 0 spiro atoms. The summed E-state index contributed by atoms with van der Waals surface area (Å²) in [5.41, 5.74) is -0.863. The molecular weight excluding hydrogens is 324 g/mol. The van der Waals surface area contributed by atoms with Gasteiger partial charge >= 0.3 is 0 Å². The fourth-order valence-corrected chi connectivity index (χ4v) is 3.24. The van der Waals surface area contributed by atoms with Crippen LogP contribution in [-0.2, 0) is 5.60 Å². The highest BCUT2D eigenvalue weighted by Crippen LogP contribution is 2.26. The van der Waals surface area contributed by atoms with E-state index in [0.29, 0.717) is 5.88 Å². The van der Waals surface area contributed by atoms with Gasteiger partial charge in [0.25, 0.3) is 5.91 Å². The molecule has 0 saturated carbocycles. The number of methoxy groups -OCH3 is 1. The summed E-state index contributed by atoms with van der Waals surface area (Å²) in [6, 6.07) is 13.0. The second kappa shape index (κ2) is 6.59. The fourth-order valence-electron chi connectivity index (χ4n) is 2.45. The number of carbonyl (C=O) groups excluding carboxylic acids is 1. The number of ether oxygens (including phenoxy) is 1. The maximum absolute atomic E-state index is 12.4. The third-order valence-corrected chi connectivity index (χ3v) is 4.90. The molecule has 0 bridgehead atoms. The highest BCUT2D eigenvalue weighted by Gasteiger charge is 2.25. The summed E-state index contributed by atoms with van der Waals surface area (Å²) in [6.45, 7) is 1.77. The Kier molecular flexibility index (Phi) is 4.51. The van der Waals surface area contributed by atoms with Gasteiger partial charge in [-0.15, -0.1) is 11.3 Å². The van der Waals surface area contributed by atoms with Crippen LogP contribution in [0.3, 0.4) is 0 Å². The minimum absolute atomic E-state index is 0.100. The van der Waals surface area contributed by atoms with Crippen LogP contribution >= 0.6 is 11.3 Å². The highest BCUT2D eigenvalue weighted by atomic mass is 32.1. The maximum Gasteiger partial charge on any atom is 0.270 e. The number of nitrogens with one attached hydrogen (secondary N) is 1. The molecule has 1 aromatic carbocycles. The summed E-state index contributed by atoms with van der Waals surface area (Å²) in [7, 11) is 1.53. The first-order chi connectivity index (χ1) is 11.5. The number of fused-ring (bicyclic) bond motifs is 1. The number of pyridine rings is 1. The lowest BCUT2D eigenvalue weighted by molar-refractivity contribution is 0.0555. The average Bonchev–Trinajstić information content (AvgIpc) is 3.14. The summed E-state index contributed by atoms with van der Waals surface area (Å²) in [6.07, 6.45) is 0. The lowest BCUT2D eigenvalue weighted by Crippen LogP contribution is -2.38. The van der Waals surface area contributed by atoms with Crippen molar-refractivity contribution in [2.24, 2.45) is 0 Å². The molecule has 0 aliphatic heterocycles. The number of nitrogens with zero attached hydrogens (tertiary/aromatic N) is 1. The highest BCUT2D eigenvalue weighted by molar-refractivity contribution is 7.10. The predicted molar refractivity (Wildman–Crippen MR) is 94.5 cm³/mol. The smallest absolute Gasteiger partial charge is 0.270 e. The van der Waals surface area contributed by atoms with Crippen LogP contribution in [0.15, 0.2) is 47.8 Å². The summed E-state index contributed by atoms with van der Waals surface area (Å²) in [4.78, 5) is 17.5. The largest absolute Gasteiger partial charge is 0.481 e. The van der Waals surface area contributed by atoms with E-state index < -0.39 is 5.60 Å². The van der Waals surface area contributed by atoms with E-state index >= 15 is 0 Å². The number of benzene rings is 1. The second-order valence-electron chi connectivity index (χ2n) is 5.67. The van der Waals surface area contributed by atoms with Gasteiger partial charge in [0.05, 0.1) is 13.7 Å². The van der Waals surface area contributed by atoms with Crippen LogP contribution in [0.5, 0.6) is 5.88 Å². The van der Waals surface area contributed by atoms with E-state index in [-0.39, 0.29) is 18.1 Å². The third kappa shape index (κ3) is 3.25. The molecule has 2 N–H and O–H groups in total. The van der Waals surface area contributed by atoms with Crippen molar-refractivity contribution in [3.63, 3.8) is 0 Å². The SMILES string of the molecule is COc1nc(C(=O)NCC(C)(O)c2cccs2)cc2ccccc12. The molecule has 3 rings (SSSR count). The van der Waals surface area contributed by atoms with Crippen LogP contribution in [0.1, 0.15) is 22.3 Å². The zero-order valence-corrected chi connectivity index (χ0v) is 14.3. The molecule has 3 aromatic rings. The van der Waals surface area contributed by atoms with Crippen molar-refractivity contribution in [1.82, 2.24) is 10.3 Å². The van der Waals surface area contributed by atoms with Crippen molar-refractivity contribution in [2.75, 3.05) is 13.7 Å². The number of aliphatic hydroxyl groups is 1. The van der Waals surface area contributed by atoms with Gasteiger partial charge in [0.1, 0.15) is 11.3 Å². The summed E-state index contributed by atoms with van der Waals surface area (Å²) < 4.78 is 5.28. The first-order valence-corrected chi connectivity index (χ1v) is 8.37. The maximum atomic E-state index is 12.4. The lowest BCUT2D eigenvalue weighted by atomic mass is 10.1. The molecule has 5 nitrogen and oxygen atoms in total. The van der Waals surface area contributed by atoms with Gasteiger partial charge in [-0.1, -0.05) is 24.3 Å². The van der Waals surface area contributed by atoms with Crippen molar-refractivity contribution >= 4 is 28.0 Å². The molecule has 6 heteroatoms. The molecular formula is C18H18N2O3S. The van der Waals surface area contributed by atoms with E-state index in [1.54, 1.807) is 13.0 Å². The van der Waals surface area contributed by atoms with E-state index in [1.807, 2.05) is 41.8 Å². The molecule has 0 saturated heterocycles. The summed E-state index contributed by atoms with van der Waals surface area (Å²) in [5, 5.41) is 16.9. The van der Waals surface area contributed by atoms with Crippen molar-refractivity contribution in [3.05, 3.63) is 58.4 Å². The van der Waals surface area contributed by atoms with Gasteiger partial charge in [0.2, 0.25) is 5.88 Å². The molecule has 2 aromatic heterocycles. The van der Waals surface area contributed by atoms with Gasteiger partial charge in [-0.3, -0.25) is 4.79 Å². The molecule has 0 aliphatic rings. The van der Waals surface area contributed by atoms with Crippen LogP contribution in [0.25, 0.3) is 10.8 Å². The molecule has 0 radical (unpaired) electrons. The van der Waals surface area contributed by atoms with Crippen molar-refractivity contribution in [3.8, 4) is 5.88 Å². The Bertz CT molecular complexity index is 860. The number of hydrogen-bond donors (Lipinski definition) is 2. The zero-order chi connectivity index (χ0) is 17.2. The molecule has 0 fully saturated rings. The number of aromatic nitrogens is 1. The minimum Gasteiger partial charge on any atom is -0.481 e. The van der Waals surface area contributed by atoms with Crippen molar-refractivity contribution in [1.29, 1.82) is 0 Å². The van der Waals surface area contributed by atoms with Gasteiger partial charge in [0, 0.05) is 10.3 Å². The monoisotopic (exact) mass is 342 g/mol. The van der Waals surface area contributed by atoms with Crippen LogP contribution in [0, 0.1) is 0 Å². The van der Waals surface area contributed by atoms with E-state index in [2.05, 4.69) is 10.3 Å². The van der Waals surface area contributed by atoms with Crippen molar-refractivity contribution in [2.45, 2.75) is 12.5 Å². The lowest BCUT2D eigenvalue weighted by Gasteiger charge is -2.22. The molecule has 0 aliphatic carbocycles. The zero-order valence-electron chi connectivity index (χ0n) is 13.4. The number of hydrogen-bond acceptors (Lipinski definition) is 5. The predicted octanol–water partition coefficient (Wildman–Crippen LogP) is 2.94. The van der Waals surface area contributed by atoms with Crippen LogP contribution < -0.4 is 10.1 Å². The average molecular weight is 342 g/mol. The molecule has 1 unspecified atom stereocenters. The normalized spacial score (nSPS) is 13.5. The van der Waals surface area contributed by atoms with Gasteiger partial charge in [-0.05, 0) is 35.9 Å². The van der Waals surface area contributed by atoms with E-state index in [1.165, 1.54) is 18.4 Å². The first-order valence-electron chi connectivity index (χ1n) is 7.49. The Morgan fingerprint density at radius 3 is 2.83 bits per heavy atom. The Morgan fingerprint density at radius 2 is 2.12 bits per heavy atom. The van der Waals surface area contributed by atoms with E-state index in [4.69, 9.17) is 4.74 Å². The Balaban J connectivity index is 1.81. The first kappa shape index (κ1) is 16.4. The van der Waals surface area contributed by atoms with Crippen molar-refractivity contribution < 1.29 is 14.6 Å². The minimum atomic E-state index is -1.12. The van der Waals surface area contributed by atoms with Gasteiger partial charge in [-0.25, -0.2) is 4.98 Å². The van der Waals surface area contributed by atoms with Gasteiger partial charge in [0.15, 0.2) is 0 Å². The fraction of sp³-hybridized carbons (Fsp3) is 0.222. The standard InChI is InChI=1S/C18H18N2O3S/c1-18(22,15-8-5-9-24-15)11-19-16(21)14-10-12-6-3-4-7-13(12)17(20-14)23-2/h3-10,22H,11H2,1-2H3,(H,19,21). The van der Waals surface area contributed by atoms with Gasteiger partial charge in [-0.2, -0.15) is 0 Å². The quantitative estimate of drug-likeness (QED) is 0.748. The Hall–Kier alpha value is -2.44. The third-order valence-electron chi connectivity index (χ3n) is 3.78. The Morgan fingerprint density at radius 1 is 1.33 bits per heavy atom. The Labute approximate surface area is 143 Å². The number of thiophene rings is 1. The van der Waals surface area contributed by atoms with E-state index in [9.17, 15) is 9.90 Å². The number of amides is 1. The van der Waals surface area contributed by atoms with Crippen LogP contribution in [0.2, 0.25) is 0 Å². The topological polar surface area (TPSA) is 71.5 Å². The van der Waals surface area contributed by atoms with Crippen LogP contribution in [0.4, 0.5) is 0 Å². The van der Waals surface area contributed by atoms with E-state index in [0.717, 1.165) is 15.6 Å². The molecule has 2 heterocycles. The second-order valence-corrected chi connectivity index (χ2v) is 6.62. The molecule has 124 valence electrons. The number of rotatable bonds is 5. The van der Waals surface area contributed by atoms with Gasteiger partial charge < -0.3 is 15.2 Å². The summed E-state index contributed by atoms with van der Waals surface area (Å²) in [5.74, 6) is 0.0548. The van der Waals surface area contributed by atoms with Crippen LogP contribution in [-0.4, -0.2) is 29.7 Å². The summed E-state index contributed by atoms with van der Waals surface area (Å²) >= 11 is 1.45. The number of carbonyl (C=O) groups is 1. The molecule has 24 heavy (non-hydrogen) atoms. The molecule has 1 amide bonds. The molecule has 1 atom stereocenters.